The SMILES string of the molecule is CN=C(NCc1nccn1CC(C)C)N1CCN(c2ccccc2F)CC1. The van der Waals surface area contributed by atoms with E-state index in [1.54, 1.807) is 13.1 Å². The van der Waals surface area contributed by atoms with E-state index in [9.17, 15) is 4.39 Å². The van der Waals surface area contributed by atoms with Crippen LogP contribution in [0.1, 0.15) is 19.7 Å². The Balaban J connectivity index is 1.55. The molecule has 0 unspecified atom stereocenters. The highest BCUT2D eigenvalue weighted by atomic mass is 19.1. The molecule has 0 saturated carbocycles. The molecule has 1 aromatic heterocycles. The molecule has 27 heavy (non-hydrogen) atoms. The van der Waals surface area contributed by atoms with Crippen molar-refractivity contribution < 1.29 is 4.39 Å². The zero-order valence-electron chi connectivity index (χ0n) is 16.4. The van der Waals surface area contributed by atoms with Crippen LogP contribution in [0.25, 0.3) is 0 Å². The summed E-state index contributed by atoms with van der Waals surface area (Å²) in [5, 5.41) is 3.42. The van der Waals surface area contributed by atoms with Gasteiger partial charge < -0.3 is 19.7 Å². The van der Waals surface area contributed by atoms with Crippen LogP contribution in [0, 0.1) is 11.7 Å². The summed E-state index contributed by atoms with van der Waals surface area (Å²) in [6, 6.07) is 6.96. The number of rotatable bonds is 5. The summed E-state index contributed by atoms with van der Waals surface area (Å²) in [6.07, 6.45) is 3.86. The van der Waals surface area contributed by atoms with Gasteiger partial charge in [0, 0.05) is 52.2 Å². The number of benzene rings is 1. The zero-order valence-corrected chi connectivity index (χ0v) is 16.4. The Kier molecular flexibility index (Phi) is 6.32. The Hall–Kier alpha value is -2.57. The number of hydrogen-bond acceptors (Lipinski definition) is 3. The maximum Gasteiger partial charge on any atom is 0.194 e. The maximum absolute atomic E-state index is 14.0. The highest BCUT2D eigenvalue weighted by Gasteiger charge is 2.21. The third kappa shape index (κ3) is 4.78. The molecule has 0 amide bonds. The Morgan fingerprint density at radius 3 is 2.63 bits per heavy atom. The molecular weight excluding hydrogens is 343 g/mol. The van der Waals surface area contributed by atoms with Crippen molar-refractivity contribution in [3.63, 3.8) is 0 Å². The molecule has 7 heteroatoms. The molecule has 1 saturated heterocycles. The quantitative estimate of drug-likeness (QED) is 0.647. The van der Waals surface area contributed by atoms with Crippen LogP contribution in [-0.2, 0) is 13.1 Å². The van der Waals surface area contributed by atoms with Gasteiger partial charge in [0.05, 0.1) is 12.2 Å². The van der Waals surface area contributed by atoms with Gasteiger partial charge in [-0.3, -0.25) is 4.99 Å². The van der Waals surface area contributed by atoms with Gasteiger partial charge in [0.25, 0.3) is 0 Å². The molecule has 146 valence electrons. The Morgan fingerprint density at radius 2 is 1.96 bits per heavy atom. The van der Waals surface area contributed by atoms with Crippen LogP contribution in [0.5, 0.6) is 0 Å². The van der Waals surface area contributed by atoms with Crippen molar-refractivity contribution in [3.05, 3.63) is 48.3 Å². The molecule has 1 aromatic carbocycles. The number of imidazole rings is 1. The molecule has 1 N–H and O–H groups in total. The minimum absolute atomic E-state index is 0.162. The van der Waals surface area contributed by atoms with Gasteiger partial charge in [0.1, 0.15) is 11.6 Å². The van der Waals surface area contributed by atoms with Crippen molar-refractivity contribution in [3.8, 4) is 0 Å². The van der Waals surface area contributed by atoms with Crippen LogP contribution in [0.2, 0.25) is 0 Å². The first-order chi connectivity index (χ1) is 13.1. The second-order valence-corrected chi connectivity index (χ2v) is 7.22. The lowest BCUT2D eigenvalue weighted by atomic mass is 10.2. The van der Waals surface area contributed by atoms with Crippen molar-refractivity contribution in [1.29, 1.82) is 0 Å². The standard InChI is InChI=1S/C20H29FN6/c1-16(2)15-27-9-8-23-19(27)14-24-20(22-3)26-12-10-25(11-13-26)18-7-5-4-6-17(18)21/h4-9,16H,10-15H2,1-3H3,(H,22,24). The molecule has 6 nitrogen and oxygen atoms in total. The van der Waals surface area contributed by atoms with Crippen LogP contribution in [0.4, 0.5) is 10.1 Å². The number of aliphatic imine (C=N–C) groups is 1. The first-order valence-corrected chi connectivity index (χ1v) is 9.53. The second kappa shape index (κ2) is 8.88. The number of anilines is 1. The van der Waals surface area contributed by atoms with Gasteiger partial charge in [0.15, 0.2) is 5.96 Å². The van der Waals surface area contributed by atoms with Crippen molar-refractivity contribution in [2.24, 2.45) is 10.9 Å². The monoisotopic (exact) mass is 372 g/mol. The van der Waals surface area contributed by atoms with E-state index in [-0.39, 0.29) is 5.82 Å². The van der Waals surface area contributed by atoms with Crippen LogP contribution in [-0.4, -0.2) is 53.6 Å². The highest BCUT2D eigenvalue weighted by molar-refractivity contribution is 5.80. The molecule has 1 aliphatic heterocycles. The number of guanidine groups is 1. The largest absolute Gasteiger partial charge is 0.366 e. The van der Waals surface area contributed by atoms with Gasteiger partial charge in [-0.2, -0.15) is 0 Å². The summed E-state index contributed by atoms with van der Waals surface area (Å²) in [4.78, 5) is 13.2. The van der Waals surface area contributed by atoms with Crippen LogP contribution in [0.3, 0.4) is 0 Å². The second-order valence-electron chi connectivity index (χ2n) is 7.22. The molecule has 0 atom stereocenters. The van der Waals surface area contributed by atoms with E-state index < -0.39 is 0 Å². The normalized spacial score (nSPS) is 15.5. The Bertz CT molecular complexity index is 761. The van der Waals surface area contributed by atoms with E-state index in [0.29, 0.717) is 18.2 Å². The van der Waals surface area contributed by atoms with E-state index in [1.807, 2.05) is 24.5 Å². The van der Waals surface area contributed by atoms with Crippen molar-refractivity contribution in [2.45, 2.75) is 26.9 Å². The van der Waals surface area contributed by atoms with E-state index in [1.165, 1.54) is 6.07 Å². The minimum atomic E-state index is -0.162. The molecule has 0 radical (unpaired) electrons. The Labute approximate surface area is 160 Å². The number of nitrogens with zero attached hydrogens (tertiary/aromatic N) is 5. The molecule has 3 rings (SSSR count). The molecule has 1 fully saturated rings. The Morgan fingerprint density at radius 1 is 1.22 bits per heavy atom. The fraction of sp³-hybridized carbons (Fsp3) is 0.500. The number of piperazine rings is 1. The average molecular weight is 372 g/mol. The highest BCUT2D eigenvalue weighted by Crippen LogP contribution is 2.20. The molecule has 2 heterocycles. The zero-order chi connectivity index (χ0) is 19.2. The average Bonchev–Trinajstić information content (AvgIpc) is 3.09. The van der Waals surface area contributed by atoms with E-state index in [2.05, 4.69) is 43.5 Å². The van der Waals surface area contributed by atoms with Gasteiger partial charge >= 0.3 is 0 Å². The topological polar surface area (TPSA) is 48.7 Å². The molecule has 2 aromatic rings. The third-order valence-electron chi connectivity index (χ3n) is 4.75. The fourth-order valence-electron chi connectivity index (χ4n) is 3.42. The summed E-state index contributed by atoms with van der Waals surface area (Å²) in [7, 11) is 1.80. The van der Waals surface area contributed by atoms with Crippen LogP contribution >= 0.6 is 0 Å². The number of para-hydroxylation sites is 1. The molecule has 0 spiro atoms. The predicted octanol–water partition coefficient (Wildman–Crippen LogP) is 2.58. The number of hydrogen-bond donors (Lipinski definition) is 1. The van der Waals surface area contributed by atoms with Crippen molar-refractivity contribution in [1.82, 2.24) is 19.8 Å². The number of nitrogens with one attached hydrogen (secondary N) is 1. The molecular formula is C20H29FN6. The lowest BCUT2D eigenvalue weighted by Gasteiger charge is -2.37. The third-order valence-corrected chi connectivity index (χ3v) is 4.75. The molecule has 0 bridgehead atoms. The smallest absolute Gasteiger partial charge is 0.194 e. The summed E-state index contributed by atoms with van der Waals surface area (Å²) in [5.74, 6) is 2.28. The fourth-order valence-corrected chi connectivity index (χ4v) is 3.42. The summed E-state index contributed by atoms with van der Waals surface area (Å²) in [6.45, 7) is 9.13. The van der Waals surface area contributed by atoms with Gasteiger partial charge in [-0.25, -0.2) is 9.37 Å². The first kappa shape index (κ1) is 19.2. The predicted molar refractivity (Wildman–Crippen MR) is 107 cm³/mol. The number of aromatic nitrogens is 2. The minimum Gasteiger partial charge on any atom is -0.366 e. The van der Waals surface area contributed by atoms with Gasteiger partial charge in [-0.1, -0.05) is 26.0 Å². The lowest BCUT2D eigenvalue weighted by molar-refractivity contribution is 0.369. The molecule has 0 aliphatic carbocycles. The van der Waals surface area contributed by atoms with E-state index >= 15 is 0 Å². The van der Waals surface area contributed by atoms with Crippen molar-refractivity contribution in [2.75, 3.05) is 38.1 Å². The lowest BCUT2D eigenvalue weighted by Crippen LogP contribution is -2.52. The van der Waals surface area contributed by atoms with Crippen molar-refractivity contribution >= 4 is 11.6 Å². The van der Waals surface area contributed by atoms with Crippen LogP contribution in [0.15, 0.2) is 41.7 Å². The maximum atomic E-state index is 14.0. The first-order valence-electron chi connectivity index (χ1n) is 9.53. The van der Waals surface area contributed by atoms with Crippen LogP contribution < -0.4 is 10.2 Å². The number of halogens is 1. The summed E-state index contributed by atoms with van der Waals surface area (Å²) >= 11 is 0. The van der Waals surface area contributed by atoms with E-state index in [0.717, 1.165) is 44.5 Å². The summed E-state index contributed by atoms with van der Waals surface area (Å²) in [5.41, 5.74) is 0.677. The van der Waals surface area contributed by atoms with Gasteiger partial charge in [-0.15, -0.1) is 0 Å². The molecule has 1 aliphatic rings. The van der Waals surface area contributed by atoms with E-state index in [4.69, 9.17) is 0 Å². The van der Waals surface area contributed by atoms with Gasteiger partial charge in [-0.05, 0) is 18.1 Å². The van der Waals surface area contributed by atoms with Gasteiger partial charge in [0.2, 0.25) is 0 Å². The summed E-state index contributed by atoms with van der Waals surface area (Å²) < 4.78 is 16.2.